The van der Waals surface area contributed by atoms with Gasteiger partial charge >= 0.3 is 5.63 Å². The summed E-state index contributed by atoms with van der Waals surface area (Å²) in [6, 6.07) is 14.4. The van der Waals surface area contributed by atoms with Crippen molar-refractivity contribution in [2.45, 2.75) is 6.92 Å². The van der Waals surface area contributed by atoms with Gasteiger partial charge < -0.3 is 4.42 Å². The lowest BCUT2D eigenvalue weighted by atomic mass is 10.1. The molecule has 2 aromatic heterocycles. The summed E-state index contributed by atoms with van der Waals surface area (Å²) in [5.41, 5.74) is 5.41. The number of rotatable bonds is 4. The molecule has 8 heteroatoms. The number of nitrogens with one attached hydrogen (secondary N) is 1. The topological polar surface area (TPSA) is 67.5 Å². The van der Waals surface area contributed by atoms with Crippen molar-refractivity contribution in [3.8, 4) is 11.3 Å². The molecule has 140 valence electrons. The van der Waals surface area contributed by atoms with Gasteiger partial charge in [-0.2, -0.15) is 5.10 Å². The van der Waals surface area contributed by atoms with E-state index in [0.29, 0.717) is 37.7 Å². The van der Waals surface area contributed by atoms with Gasteiger partial charge in [-0.25, -0.2) is 9.78 Å². The van der Waals surface area contributed by atoms with Crippen LogP contribution in [0.25, 0.3) is 22.2 Å². The Hall–Kier alpha value is -2.67. The fourth-order valence-corrected chi connectivity index (χ4v) is 3.86. The number of halogens is 2. The van der Waals surface area contributed by atoms with E-state index in [4.69, 9.17) is 27.6 Å². The Morgan fingerprint density at radius 3 is 2.82 bits per heavy atom. The second kappa shape index (κ2) is 7.75. The number of thiazole rings is 1. The minimum Gasteiger partial charge on any atom is -0.422 e. The predicted octanol–water partition coefficient (Wildman–Crippen LogP) is 6.06. The summed E-state index contributed by atoms with van der Waals surface area (Å²) in [5, 5.41) is 8.57. The van der Waals surface area contributed by atoms with Crippen LogP contribution in [-0.2, 0) is 0 Å². The molecule has 0 aliphatic rings. The molecule has 0 spiro atoms. The predicted molar refractivity (Wildman–Crippen MR) is 116 cm³/mol. The second-order valence-corrected chi connectivity index (χ2v) is 7.66. The minimum atomic E-state index is -0.428. The fourth-order valence-electron chi connectivity index (χ4n) is 2.66. The zero-order valence-corrected chi connectivity index (χ0v) is 16.9. The molecule has 0 amide bonds. The van der Waals surface area contributed by atoms with Gasteiger partial charge in [0.15, 0.2) is 0 Å². The van der Waals surface area contributed by atoms with Crippen LogP contribution >= 0.6 is 34.5 Å². The Bertz CT molecular complexity index is 1260. The van der Waals surface area contributed by atoms with E-state index in [9.17, 15) is 4.79 Å². The van der Waals surface area contributed by atoms with Crippen LogP contribution in [-0.4, -0.2) is 10.7 Å². The van der Waals surface area contributed by atoms with E-state index in [0.717, 1.165) is 10.9 Å². The Morgan fingerprint density at radius 1 is 1.18 bits per heavy atom. The van der Waals surface area contributed by atoms with Crippen molar-refractivity contribution in [2.75, 3.05) is 5.43 Å². The summed E-state index contributed by atoms with van der Waals surface area (Å²) in [6.07, 6.45) is 0. The Morgan fingerprint density at radius 2 is 2.00 bits per heavy atom. The number of hydrazone groups is 1. The molecule has 0 radical (unpaired) electrons. The van der Waals surface area contributed by atoms with E-state index in [2.05, 4.69) is 15.5 Å². The van der Waals surface area contributed by atoms with Crippen molar-refractivity contribution >= 4 is 56.4 Å². The van der Waals surface area contributed by atoms with Crippen LogP contribution < -0.4 is 11.1 Å². The molecular weight excluding hydrogens is 417 g/mol. The van der Waals surface area contributed by atoms with Crippen LogP contribution in [0.3, 0.4) is 0 Å². The number of hydrogen-bond donors (Lipinski definition) is 1. The number of nitrogens with zero attached hydrogens (tertiary/aromatic N) is 2. The first kappa shape index (κ1) is 18.7. The lowest BCUT2D eigenvalue weighted by Crippen LogP contribution is -2.03. The van der Waals surface area contributed by atoms with Gasteiger partial charge in [-0.15, -0.1) is 11.3 Å². The molecule has 28 heavy (non-hydrogen) atoms. The van der Waals surface area contributed by atoms with Crippen molar-refractivity contribution < 1.29 is 4.42 Å². The molecule has 0 fully saturated rings. The third-order valence-electron chi connectivity index (χ3n) is 4.06. The molecule has 0 atom stereocenters. The van der Waals surface area contributed by atoms with Gasteiger partial charge in [-0.05, 0) is 31.2 Å². The highest BCUT2D eigenvalue weighted by atomic mass is 35.5. The standard InChI is InChI=1S/C20H13Cl2N3O2S/c1-11(14-7-6-13(21)9-16(14)22)24-25-20-23-17(10-28-20)15-8-12-4-2-3-5-18(12)27-19(15)26/h2-10H,1H3,(H,23,25)/b24-11+. The number of anilines is 1. The average Bonchev–Trinajstić information content (AvgIpc) is 3.14. The van der Waals surface area contributed by atoms with Gasteiger partial charge in [0.25, 0.3) is 0 Å². The maximum Gasteiger partial charge on any atom is 0.345 e. The fraction of sp³-hybridized carbons (Fsp3) is 0.0500. The average molecular weight is 430 g/mol. The van der Waals surface area contributed by atoms with Gasteiger partial charge in [-0.3, -0.25) is 5.43 Å². The maximum atomic E-state index is 12.3. The lowest BCUT2D eigenvalue weighted by Gasteiger charge is -2.04. The minimum absolute atomic E-state index is 0.407. The van der Waals surface area contributed by atoms with Crippen molar-refractivity contribution in [2.24, 2.45) is 5.10 Å². The van der Waals surface area contributed by atoms with Crippen molar-refractivity contribution in [3.05, 3.63) is 79.9 Å². The van der Waals surface area contributed by atoms with Crippen LogP contribution in [0.2, 0.25) is 10.0 Å². The number of para-hydroxylation sites is 1. The zero-order valence-electron chi connectivity index (χ0n) is 14.6. The second-order valence-electron chi connectivity index (χ2n) is 5.96. The highest BCUT2D eigenvalue weighted by Gasteiger charge is 2.12. The van der Waals surface area contributed by atoms with Gasteiger partial charge in [0.05, 0.1) is 22.0 Å². The number of hydrogen-bond acceptors (Lipinski definition) is 6. The molecule has 0 aliphatic heterocycles. The number of fused-ring (bicyclic) bond motifs is 1. The van der Waals surface area contributed by atoms with Crippen molar-refractivity contribution in [1.82, 2.24) is 4.98 Å². The van der Waals surface area contributed by atoms with Gasteiger partial charge in [-0.1, -0.05) is 47.5 Å². The SMILES string of the molecule is C/C(=N\Nc1nc(-c2cc3ccccc3oc2=O)cs1)c1ccc(Cl)cc1Cl. The van der Waals surface area contributed by atoms with Gasteiger partial charge in [0, 0.05) is 21.4 Å². The normalized spacial score (nSPS) is 11.8. The van der Waals surface area contributed by atoms with E-state index in [1.54, 1.807) is 35.7 Å². The van der Waals surface area contributed by atoms with Crippen LogP contribution in [0, 0.1) is 0 Å². The Labute approximate surface area is 174 Å². The molecule has 0 unspecified atom stereocenters. The molecule has 2 heterocycles. The smallest absolute Gasteiger partial charge is 0.345 e. The summed E-state index contributed by atoms with van der Waals surface area (Å²) in [7, 11) is 0. The van der Waals surface area contributed by atoms with E-state index in [-0.39, 0.29) is 0 Å². The molecule has 2 aromatic carbocycles. The summed E-state index contributed by atoms with van der Waals surface area (Å²) in [5.74, 6) is 0. The monoisotopic (exact) mass is 429 g/mol. The number of aromatic nitrogens is 1. The van der Waals surface area contributed by atoms with E-state index >= 15 is 0 Å². The quantitative estimate of drug-likeness (QED) is 0.243. The van der Waals surface area contributed by atoms with E-state index < -0.39 is 5.63 Å². The van der Waals surface area contributed by atoms with Gasteiger partial charge in [0.1, 0.15) is 5.58 Å². The summed E-state index contributed by atoms with van der Waals surface area (Å²) in [6.45, 7) is 1.83. The third-order valence-corrected chi connectivity index (χ3v) is 5.36. The Balaban J connectivity index is 1.60. The largest absolute Gasteiger partial charge is 0.422 e. The third kappa shape index (κ3) is 3.80. The van der Waals surface area contributed by atoms with E-state index in [1.165, 1.54) is 11.3 Å². The zero-order chi connectivity index (χ0) is 19.7. The molecule has 0 aliphatic carbocycles. The molecule has 0 bridgehead atoms. The summed E-state index contributed by atoms with van der Waals surface area (Å²) < 4.78 is 5.37. The van der Waals surface area contributed by atoms with Crippen LogP contribution in [0.1, 0.15) is 12.5 Å². The summed E-state index contributed by atoms with van der Waals surface area (Å²) in [4.78, 5) is 16.7. The molecule has 4 rings (SSSR count). The molecule has 5 nitrogen and oxygen atoms in total. The molecular formula is C20H13Cl2N3O2S. The van der Waals surface area contributed by atoms with Crippen LogP contribution in [0.4, 0.5) is 5.13 Å². The number of benzene rings is 2. The molecule has 0 saturated carbocycles. The van der Waals surface area contributed by atoms with Crippen LogP contribution in [0.15, 0.2) is 68.2 Å². The van der Waals surface area contributed by atoms with E-state index in [1.807, 2.05) is 25.1 Å². The molecule has 1 N–H and O–H groups in total. The first-order chi connectivity index (χ1) is 13.5. The van der Waals surface area contributed by atoms with Crippen molar-refractivity contribution in [1.29, 1.82) is 0 Å². The molecule has 0 saturated heterocycles. The summed E-state index contributed by atoms with van der Waals surface area (Å²) >= 11 is 13.5. The first-order valence-electron chi connectivity index (χ1n) is 8.26. The highest BCUT2D eigenvalue weighted by molar-refractivity contribution is 7.14. The lowest BCUT2D eigenvalue weighted by molar-refractivity contribution is 0.563. The highest BCUT2D eigenvalue weighted by Crippen LogP contribution is 2.26. The van der Waals surface area contributed by atoms with Crippen LogP contribution in [0.5, 0.6) is 0 Å². The van der Waals surface area contributed by atoms with Gasteiger partial charge in [0.2, 0.25) is 5.13 Å². The molecule has 4 aromatic rings. The first-order valence-corrected chi connectivity index (χ1v) is 9.89. The Kier molecular flexibility index (Phi) is 5.17. The maximum absolute atomic E-state index is 12.3. The van der Waals surface area contributed by atoms with Crippen molar-refractivity contribution in [3.63, 3.8) is 0 Å².